The van der Waals surface area contributed by atoms with Crippen molar-refractivity contribution in [1.29, 1.82) is 0 Å². The molecule has 0 saturated carbocycles. The normalized spacial score (nSPS) is 20.6. The van der Waals surface area contributed by atoms with Crippen molar-refractivity contribution in [3.63, 3.8) is 0 Å². The number of thiazole rings is 1. The molecule has 0 spiro atoms. The Morgan fingerprint density at radius 1 is 1.52 bits per heavy atom. The number of aryl methyl sites for hydroxylation is 1. The van der Waals surface area contributed by atoms with Crippen molar-refractivity contribution in [2.45, 2.75) is 33.1 Å². The molecule has 2 N–H and O–H groups in total. The second-order valence-corrected chi connectivity index (χ2v) is 8.36. The number of anilines is 1. The molecule has 0 aromatic carbocycles. The lowest BCUT2D eigenvalue weighted by molar-refractivity contribution is 0.261. The van der Waals surface area contributed by atoms with E-state index in [4.69, 9.17) is 0 Å². The van der Waals surface area contributed by atoms with E-state index in [-0.39, 0.29) is 0 Å². The number of nitrogens with zero attached hydrogens (tertiary/aromatic N) is 2. The van der Waals surface area contributed by atoms with Crippen molar-refractivity contribution in [3.05, 3.63) is 11.1 Å². The first kappa shape index (κ1) is 16.7. The molecule has 1 aliphatic rings. The summed E-state index contributed by atoms with van der Waals surface area (Å²) < 4.78 is 28.9. The van der Waals surface area contributed by atoms with E-state index in [1.165, 1.54) is 11.3 Å². The molecule has 0 amide bonds. The summed E-state index contributed by atoms with van der Waals surface area (Å²) in [5.74, 6) is 0.389. The van der Waals surface area contributed by atoms with Crippen LogP contribution >= 0.6 is 11.3 Å². The lowest BCUT2D eigenvalue weighted by Crippen LogP contribution is -2.45. The quantitative estimate of drug-likeness (QED) is 0.747. The van der Waals surface area contributed by atoms with Gasteiger partial charge in [-0.05, 0) is 45.2 Å². The van der Waals surface area contributed by atoms with Gasteiger partial charge in [0.05, 0.1) is 0 Å². The molecular formula is C13H24N4O2S2. The van der Waals surface area contributed by atoms with Gasteiger partial charge in [0.2, 0.25) is 0 Å². The smallest absolute Gasteiger partial charge is 0.303 e. The van der Waals surface area contributed by atoms with E-state index in [1.807, 2.05) is 6.92 Å². The second-order valence-electron chi connectivity index (χ2n) is 5.45. The van der Waals surface area contributed by atoms with Gasteiger partial charge in [-0.25, -0.2) is 9.71 Å². The molecule has 21 heavy (non-hydrogen) atoms. The summed E-state index contributed by atoms with van der Waals surface area (Å²) in [6.45, 7) is 7.08. The minimum absolute atomic E-state index is 0.389. The van der Waals surface area contributed by atoms with E-state index in [0.29, 0.717) is 24.1 Å². The molecule has 0 aliphatic carbocycles. The monoisotopic (exact) mass is 332 g/mol. The fraction of sp³-hybridized carbons (Fsp3) is 0.769. The largest absolute Gasteiger partial charge is 0.316 e. The van der Waals surface area contributed by atoms with Crippen molar-refractivity contribution >= 4 is 26.7 Å². The summed E-state index contributed by atoms with van der Waals surface area (Å²) >= 11 is 1.36. The van der Waals surface area contributed by atoms with Crippen LogP contribution in [0.4, 0.5) is 5.13 Å². The summed E-state index contributed by atoms with van der Waals surface area (Å²) in [7, 11) is -3.48. The number of piperidine rings is 1. The maximum Gasteiger partial charge on any atom is 0.303 e. The Balaban J connectivity index is 1.92. The summed E-state index contributed by atoms with van der Waals surface area (Å²) in [6.07, 6.45) is 4.77. The maximum absolute atomic E-state index is 12.4. The van der Waals surface area contributed by atoms with E-state index in [1.54, 1.807) is 10.5 Å². The summed E-state index contributed by atoms with van der Waals surface area (Å²) in [5, 5.41) is 3.82. The third-order valence-corrected chi connectivity index (χ3v) is 5.94. The molecule has 6 nitrogen and oxygen atoms in total. The predicted octanol–water partition coefficient (Wildman–Crippen LogP) is 1.82. The highest BCUT2D eigenvalue weighted by molar-refractivity contribution is 7.90. The van der Waals surface area contributed by atoms with Gasteiger partial charge >= 0.3 is 10.2 Å². The van der Waals surface area contributed by atoms with Crippen LogP contribution in [-0.4, -0.2) is 43.9 Å². The SMILES string of the molecule is CCCNCC1CCCN(S(=O)(=O)Nc2ncc(C)s2)C1. The van der Waals surface area contributed by atoms with Crippen molar-refractivity contribution in [2.24, 2.45) is 5.92 Å². The first-order chi connectivity index (χ1) is 10.0. The van der Waals surface area contributed by atoms with Gasteiger partial charge in [-0.15, -0.1) is 11.3 Å². The Morgan fingerprint density at radius 2 is 2.33 bits per heavy atom. The third kappa shape index (κ3) is 4.91. The van der Waals surface area contributed by atoms with E-state index < -0.39 is 10.2 Å². The van der Waals surface area contributed by atoms with E-state index in [0.717, 1.165) is 37.2 Å². The highest BCUT2D eigenvalue weighted by Gasteiger charge is 2.29. The maximum atomic E-state index is 12.4. The minimum atomic E-state index is -3.48. The summed E-state index contributed by atoms with van der Waals surface area (Å²) in [6, 6.07) is 0. The van der Waals surface area contributed by atoms with Crippen LogP contribution in [0, 0.1) is 12.8 Å². The van der Waals surface area contributed by atoms with Gasteiger partial charge in [-0.3, -0.25) is 0 Å². The predicted molar refractivity (Wildman–Crippen MR) is 86.9 cm³/mol. The molecule has 1 unspecified atom stereocenters. The van der Waals surface area contributed by atoms with Crippen LogP contribution in [0.2, 0.25) is 0 Å². The molecule has 1 aliphatic heterocycles. The standard InChI is InChI=1S/C13H24N4O2S2/c1-3-6-14-9-12-5-4-7-17(10-12)21(18,19)16-13-15-8-11(2)20-13/h8,12,14H,3-7,9-10H2,1-2H3,(H,15,16). The molecule has 1 fully saturated rings. The molecule has 1 aromatic rings. The van der Waals surface area contributed by atoms with E-state index in [9.17, 15) is 8.42 Å². The van der Waals surface area contributed by atoms with Crippen LogP contribution in [0.1, 0.15) is 31.1 Å². The summed E-state index contributed by atoms with van der Waals surface area (Å²) in [5.41, 5.74) is 0. The van der Waals surface area contributed by atoms with Crippen LogP contribution in [-0.2, 0) is 10.2 Å². The Kier molecular flexibility index (Phi) is 5.98. The van der Waals surface area contributed by atoms with Crippen LogP contribution in [0.25, 0.3) is 0 Å². The molecule has 0 radical (unpaired) electrons. The molecule has 8 heteroatoms. The molecule has 2 rings (SSSR count). The molecule has 120 valence electrons. The van der Waals surface area contributed by atoms with Crippen LogP contribution < -0.4 is 10.0 Å². The zero-order chi connectivity index (χ0) is 15.3. The number of aromatic nitrogens is 1. The zero-order valence-corrected chi connectivity index (χ0v) is 14.3. The van der Waals surface area contributed by atoms with Gasteiger partial charge in [0.25, 0.3) is 0 Å². The molecule has 1 saturated heterocycles. The number of hydrogen-bond acceptors (Lipinski definition) is 5. The summed E-state index contributed by atoms with van der Waals surface area (Å²) in [4.78, 5) is 5.06. The highest BCUT2D eigenvalue weighted by atomic mass is 32.2. The van der Waals surface area contributed by atoms with Gasteiger partial charge in [0.15, 0.2) is 5.13 Å². The lowest BCUT2D eigenvalue weighted by atomic mass is 10.00. The molecule has 1 aromatic heterocycles. The number of rotatable bonds is 7. The zero-order valence-electron chi connectivity index (χ0n) is 12.6. The van der Waals surface area contributed by atoms with Crippen LogP contribution in [0.15, 0.2) is 6.20 Å². The Hall–Kier alpha value is -0.700. The van der Waals surface area contributed by atoms with Crippen molar-refractivity contribution in [3.8, 4) is 0 Å². The van der Waals surface area contributed by atoms with E-state index in [2.05, 4.69) is 21.9 Å². The molecule has 0 bridgehead atoms. The van der Waals surface area contributed by atoms with E-state index >= 15 is 0 Å². The fourth-order valence-electron chi connectivity index (χ4n) is 2.47. The molecule has 1 atom stereocenters. The average Bonchev–Trinajstić information content (AvgIpc) is 2.84. The molecular weight excluding hydrogens is 308 g/mol. The van der Waals surface area contributed by atoms with Crippen LogP contribution in [0.3, 0.4) is 0 Å². The van der Waals surface area contributed by atoms with Crippen molar-refractivity contribution in [1.82, 2.24) is 14.6 Å². The third-order valence-electron chi connectivity index (χ3n) is 3.52. The van der Waals surface area contributed by atoms with Crippen molar-refractivity contribution in [2.75, 3.05) is 30.9 Å². The van der Waals surface area contributed by atoms with Gasteiger partial charge in [-0.1, -0.05) is 6.92 Å². The molecule has 2 heterocycles. The number of nitrogens with one attached hydrogen (secondary N) is 2. The van der Waals surface area contributed by atoms with Gasteiger partial charge in [-0.2, -0.15) is 12.7 Å². The first-order valence-electron chi connectivity index (χ1n) is 7.42. The Labute approximate surface area is 131 Å². The Bertz CT molecular complexity index is 544. The lowest BCUT2D eigenvalue weighted by Gasteiger charge is -2.31. The van der Waals surface area contributed by atoms with Gasteiger partial charge in [0.1, 0.15) is 0 Å². The second kappa shape index (κ2) is 7.53. The van der Waals surface area contributed by atoms with Crippen LogP contribution in [0.5, 0.6) is 0 Å². The fourth-order valence-corrected chi connectivity index (χ4v) is 4.65. The topological polar surface area (TPSA) is 74.3 Å². The average molecular weight is 332 g/mol. The van der Waals surface area contributed by atoms with Gasteiger partial charge in [0, 0.05) is 24.2 Å². The number of hydrogen-bond donors (Lipinski definition) is 2. The highest BCUT2D eigenvalue weighted by Crippen LogP contribution is 2.22. The first-order valence-corrected chi connectivity index (χ1v) is 9.68. The van der Waals surface area contributed by atoms with Crippen molar-refractivity contribution < 1.29 is 8.42 Å². The minimum Gasteiger partial charge on any atom is -0.316 e. The Morgan fingerprint density at radius 3 is 3.00 bits per heavy atom. The van der Waals surface area contributed by atoms with Gasteiger partial charge < -0.3 is 5.32 Å².